The number of benzene rings is 1. The Bertz CT molecular complexity index is 431. The number of carbonyl (C=O) groups excluding carboxylic acids is 1. The second-order valence-corrected chi connectivity index (χ2v) is 4.36. The zero-order valence-electron chi connectivity index (χ0n) is 10.3. The number of carbonyl (C=O) groups is 1. The SMILES string of the molecule is CCOC(=O)C(C)N1Cc2ccc(N)cc2C1. The van der Waals surface area contributed by atoms with Gasteiger partial charge in [-0.1, -0.05) is 6.07 Å². The van der Waals surface area contributed by atoms with Crippen molar-refractivity contribution in [2.24, 2.45) is 0 Å². The van der Waals surface area contributed by atoms with Gasteiger partial charge in [-0.25, -0.2) is 0 Å². The van der Waals surface area contributed by atoms with Gasteiger partial charge >= 0.3 is 5.97 Å². The number of esters is 1. The van der Waals surface area contributed by atoms with Crippen molar-refractivity contribution in [3.63, 3.8) is 0 Å². The van der Waals surface area contributed by atoms with Gasteiger partial charge in [-0.2, -0.15) is 0 Å². The minimum atomic E-state index is -0.205. The summed E-state index contributed by atoms with van der Waals surface area (Å²) in [6, 6.07) is 5.70. The highest BCUT2D eigenvalue weighted by Crippen LogP contribution is 2.26. The van der Waals surface area contributed by atoms with Crippen molar-refractivity contribution in [2.75, 3.05) is 12.3 Å². The molecule has 1 unspecified atom stereocenters. The summed E-state index contributed by atoms with van der Waals surface area (Å²) in [4.78, 5) is 13.8. The van der Waals surface area contributed by atoms with E-state index < -0.39 is 0 Å². The van der Waals surface area contributed by atoms with Crippen molar-refractivity contribution in [1.29, 1.82) is 0 Å². The van der Waals surface area contributed by atoms with E-state index in [1.807, 2.05) is 32.0 Å². The van der Waals surface area contributed by atoms with Gasteiger partial charge in [-0.3, -0.25) is 9.69 Å². The van der Waals surface area contributed by atoms with Crippen LogP contribution in [-0.4, -0.2) is 23.5 Å². The molecule has 2 rings (SSSR count). The molecule has 4 heteroatoms. The highest BCUT2D eigenvalue weighted by Gasteiger charge is 2.28. The van der Waals surface area contributed by atoms with E-state index in [0.717, 1.165) is 18.8 Å². The Morgan fingerprint density at radius 3 is 2.88 bits per heavy atom. The quantitative estimate of drug-likeness (QED) is 0.636. The standard InChI is InChI=1S/C13H18N2O2/c1-3-17-13(16)9(2)15-7-10-4-5-12(14)6-11(10)8-15/h4-6,9H,3,7-8,14H2,1-2H3. The fraction of sp³-hybridized carbons (Fsp3) is 0.462. The summed E-state index contributed by atoms with van der Waals surface area (Å²) in [6.45, 7) is 5.68. The maximum absolute atomic E-state index is 11.7. The van der Waals surface area contributed by atoms with E-state index in [4.69, 9.17) is 10.5 Å². The minimum absolute atomic E-state index is 0.159. The first-order chi connectivity index (χ1) is 8.11. The lowest BCUT2D eigenvalue weighted by molar-refractivity contribution is -0.149. The normalized spacial score (nSPS) is 16.6. The second-order valence-electron chi connectivity index (χ2n) is 4.36. The average molecular weight is 234 g/mol. The van der Waals surface area contributed by atoms with E-state index in [1.165, 1.54) is 11.1 Å². The third-order valence-corrected chi connectivity index (χ3v) is 3.15. The molecule has 0 saturated carbocycles. The van der Waals surface area contributed by atoms with Crippen molar-refractivity contribution in [3.8, 4) is 0 Å². The first kappa shape index (κ1) is 11.9. The molecule has 1 heterocycles. The summed E-state index contributed by atoms with van der Waals surface area (Å²) < 4.78 is 5.03. The molecule has 1 aromatic carbocycles. The number of fused-ring (bicyclic) bond motifs is 1. The Morgan fingerprint density at radius 2 is 2.18 bits per heavy atom. The van der Waals surface area contributed by atoms with Crippen LogP contribution in [0.1, 0.15) is 25.0 Å². The number of anilines is 1. The Morgan fingerprint density at radius 1 is 1.47 bits per heavy atom. The van der Waals surface area contributed by atoms with Crippen molar-refractivity contribution >= 4 is 11.7 Å². The molecular weight excluding hydrogens is 216 g/mol. The van der Waals surface area contributed by atoms with Gasteiger partial charge in [0.15, 0.2) is 0 Å². The maximum Gasteiger partial charge on any atom is 0.323 e. The molecule has 1 aliphatic heterocycles. The molecule has 0 saturated heterocycles. The van der Waals surface area contributed by atoms with Crippen LogP contribution in [0.4, 0.5) is 5.69 Å². The van der Waals surface area contributed by atoms with Crippen LogP contribution in [0, 0.1) is 0 Å². The monoisotopic (exact) mass is 234 g/mol. The van der Waals surface area contributed by atoms with Gasteiger partial charge in [0.05, 0.1) is 6.61 Å². The Hall–Kier alpha value is -1.55. The lowest BCUT2D eigenvalue weighted by Crippen LogP contribution is -2.36. The van der Waals surface area contributed by atoms with E-state index in [-0.39, 0.29) is 12.0 Å². The molecule has 1 atom stereocenters. The molecule has 0 fully saturated rings. The molecule has 0 spiro atoms. The number of hydrogen-bond donors (Lipinski definition) is 1. The van der Waals surface area contributed by atoms with Crippen molar-refractivity contribution in [1.82, 2.24) is 4.90 Å². The summed E-state index contributed by atoms with van der Waals surface area (Å²) in [5, 5.41) is 0. The van der Waals surface area contributed by atoms with Crippen LogP contribution in [0.5, 0.6) is 0 Å². The van der Waals surface area contributed by atoms with E-state index in [2.05, 4.69) is 4.90 Å². The first-order valence-electron chi connectivity index (χ1n) is 5.89. The number of nitrogen functional groups attached to an aromatic ring is 1. The molecular formula is C13H18N2O2. The van der Waals surface area contributed by atoms with Gasteiger partial charge in [0.1, 0.15) is 6.04 Å². The van der Waals surface area contributed by atoms with Crippen LogP contribution < -0.4 is 5.73 Å². The van der Waals surface area contributed by atoms with Crippen molar-refractivity contribution < 1.29 is 9.53 Å². The molecule has 0 bridgehead atoms. The topological polar surface area (TPSA) is 55.6 Å². The molecule has 17 heavy (non-hydrogen) atoms. The molecule has 2 N–H and O–H groups in total. The van der Waals surface area contributed by atoms with Crippen LogP contribution in [0.15, 0.2) is 18.2 Å². The number of rotatable bonds is 3. The molecule has 1 aliphatic rings. The Labute approximate surface area is 101 Å². The number of hydrogen-bond acceptors (Lipinski definition) is 4. The fourth-order valence-electron chi connectivity index (χ4n) is 2.13. The molecule has 0 aliphatic carbocycles. The van der Waals surface area contributed by atoms with Crippen LogP contribution in [0.2, 0.25) is 0 Å². The van der Waals surface area contributed by atoms with Gasteiger partial charge in [0, 0.05) is 18.8 Å². The lowest BCUT2D eigenvalue weighted by Gasteiger charge is -2.21. The summed E-state index contributed by atoms with van der Waals surface area (Å²) >= 11 is 0. The smallest absolute Gasteiger partial charge is 0.323 e. The molecule has 1 aromatic rings. The molecule has 0 amide bonds. The van der Waals surface area contributed by atoms with Crippen molar-refractivity contribution in [2.45, 2.75) is 33.0 Å². The van der Waals surface area contributed by atoms with E-state index in [1.54, 1.807) is 0 Å². The first-order valence-corrected chi connectivity index (χ1v) is 5.89. The van der Waals surface area contributed by atoms with Crippen LogP contribution in [-0.2, 0) is 22.6 Å². The lowest BCUT2D eigenvalue weighted by atomic mass is 10.1. The molecule has 92 valence electrons. The van der Waals surface area contributed by atoms with Crippen molar-refractivity contribution in [3.05, 3.63) is 29.3 Å². The van der Waals surface area contributed by atoms with E-state index in [0.29, 0.717) is 6.61 Å². The summed E-state index contributed by atoms with van der Waals surface area (Å²) in [5.41, 5.74) is 8.98. The third kappa shape index (κ3) is 2.42. The third-order valence-electron chi connectivity index (χ3n) is 3.15. The number of nitrogens with zero attached hydrogens (tertiary/aromatic N) is 1. The average Bonchev–Trinajstić information content (AvgIpc) is 2.71. The molecule has 0 aromatic heterocycles. The Kier molecular flexibility index (Phi) is 3.33. The molecule has 0 radical (unpaired) electrons. The van der Waals surface area contributed by atoms with Crippen LogP contribution in [0.3, 0.4) is 0 Å². The van der Waals surface area contributed by atoms with Gasteiger partial charge in [0.25, 0.3) is 0 Å². The summed E-state index contributed by atoms with van der Waals surface area (Å²) in [7, 11) is 0. The number of nitrogens with two attached hydrogens (primary N) is 1. The zero-order chi connectivity index (χ0) is 12.4. The minimum Gasteiger partial charge on any atom is -0.465 e. The van der Waals surface area contributed by atoms with Gasteiger partial charge < -0.3 is 10.5 Å². The van der Waals surface area contributed by atoms with Gasteiger partial charge in [-0.15, -0.1) is 0 Å². The highest BCUT2D eigenvalue weighted by atomic mass is 16.5. The predicted octanol–water partition coefficient (Wildman–Crippen LogP) is 1.54. The van der Waals surface area contributed by atoms with Gasteiger partial charge in [-0.05, 0) is 37.1 Å². The zero-order valence-corrected chi connectivity index (χ0v) is 10.3. The molecule has 4 nitrogen and oxygen atoms in total. The van der Waals surface area contributed by atoms with E-state index in [9.17, 15) is 4.79 Å². The summed E-state index contributed by atoms with van der Waals surface area (Å²) in [6.07, 6.45) is 0. The van der Waals surface area contributed by atoms with Gasteiger partial charge in [0.2, 0.25) is 0 Å². The van der Waals surface area contributed by atoms with Crippen LogP contribution in [0.25, 0.3) is 0 Å². The number of ether oxygens (including phenoxy) is 1. The predicted molar refractivity (Wildman–Crippen MR) is 66.2 cm³/mol. The second kappa shape index (κ2) is 4.75. The highest BCUT2D eigenvalue weighted by molar-refractivity contribution is 5.75. The van der Waals surface area contributed by atoms with Crippen LogP contribution >= 0.6 is 0 Å². The summed E-state index contributed by atoms with van der Waals surface area (Å²) in [5.74, 6) is -0.159. The van der Waals surface area contributed by atoms with E-state index >= 15 is 0 Å². The Balaban J connectivity index is 2.07. The largest absolute Gasteiger partial charge is 0.465 e. The fourth-order valence-corrected chi connectivity index (χ4v) is 2.13. The maximum atomic E-state index is 11.7.